The topological polar surface area (TPSA) is 29.5 Å². The van der Waals surface area contributed by atoms with E-state index in [0.717, 1.165) is 25.0 Å². The Hall–Kier alpha value is -1.97. The summed E-state index contributed by atoms with van der Waals surface area (Å²) in [4.78, 5) is 14.6. The number of hydrogen-bond acceptors (Lipinski definition) is 2. The van der Waals surface area contributed by atoms with Gasteiger partial charge in [0, 0.05) is 25.9 Å². The highest BCUT2D eigenvalue weighted by Gasteiger charge is 2.28. The van der Waals surface area contributed by atoms with Crippen LogP contribution in [0.5, 0.6) is 0 Å². The first-order chi connectivity index (χ1) is 13.1. The summed E-state index contributed by atoms with van der Waals surface area (Å²) in [5, 5.41) is 0.790. The van der Waals surface area contributed by atoms with Gasteiger partial charge in [-0.3, -0.25) is 4.79 Å². The van der Waals surface area contributed by atoms with Crippen LogP contribution in [0.1, 0.15) is 34.3 Å². The molecule has 0 saturated carbocycles. The second-order valence-electron chi connectivity index (χ2n) is 6.86. The number of likely N-dealkylation sites (tertiary alicyclic amines) is 1. The SMILES string of the molecule is O=C(c1c(Cl)cccc1Cl)N1CCC(OC2=CCc3ccccc3[CH]2)CC1. The molecule has 1 fully saturated rings. The predicted octanol–water partition coefficient (Wildman–Crippen LogP) is 5.31. The van der Waals surface area contributed by atoms with Gasteiger partial charge in [-0.15, -0.1) is 0 Å². The first-order valence-corrected chi connectivity index (χ1v) is 9.90. The molecule has 1 saturated heterocycles. The third-order valence-electron chi connectivity index (χ3n) is 5.08. The molecule has 27 heavy (non-hydrogen) atoms. The number of hydrogen-bond donors (Lipinski definition) is 0. The lowest BCUT2D eigenvalue weighted by molar-refractivity contribution is 0.0424. The second-order valence-corrected chi connectivity index (χ2v) is 7.67. The third kappa shape index (κ3) is 3.99. The molecule has 4 rings (SSSR count). The van der Waals surface area contributed by atoms with Gasteiger partial charge >= 0.3 is 0 Å². The number of ether oxygens (including phenoxy) is 1. The molecule has 0 bridgehead atoms. The van der Waals surface area contributed by atoms with Crippen molar-refractivity contribution in [3.63, 3.8) is 0 Å². The maximum atomic E-state index is 12.8. The van der Waals surface area contributed by atoms with E-state index in [1.165, 1.54) is 11.1 Å². The van der Waals surface area contributed by atoms with Gasteiger partial charge < -0.3 is 9.64 Å². The average Bonchev–Trinajstić information content (AvgIpc) is 2.68. The van der Waals surface area contributed by atoms with Crippen molar-refractivity contribution in [1.29, 1.82) is 0 Å². The predicted molar refractivity (Wildman–Crippen MR) is 108 cm³/mol. The van der Waals surface area contributed by atoms with Crippen LogP contribution in [-0.2, 0) is 11.2 Å². The lowest BCUT2D eigenvalue weighted by Crippen LogP contribution is -2.41. The van der Waals surface area contributed by atoms with Crippen LogP contribution in [0.15, 0.2) is 54.3 Å². The molecule has 5 heteroatoms. The molecule has 1 radical (unpaired) electrons. The fourth-order valence-corrected chi connectivity index (χ4v) is 4.15. The van der Waals surface area contributed by atoms with Crippen LogP contribution < -0.4 is 0 Å². The maximum Gasteiger partial charge on any atom is 0.256 e. The minimum atomic E-state index is -0.110. The molecule has 0 aromatic heterocycles. The molecule has 1 heterocycles. The van der Waals surface area contributed by atoms with Gasteiger partial charge in [-0.05, 0) is 35.8 Å². The van der Waals surface area contributed by atoms with Crippen molar-refractivity contribution < 1.29 is 9.53 Å². The Morgan fingerprint density at radius 1 is 1.00 bits per heavy atom. The molecule has 0 unspecified atom stereocenters. The number of carbonyl (C=O) groups is 1. The summed E-state index contributed by atoms with van der Waals surface area (Å²) < 4.78 is 6.19. The Morgan fingerprint density at radius 3 is 2.44 bits per heavy atom. The number of carbonyl (C=O) groups excluding carboxylic acids is 1. The van der Waals surface area contributed by atoms with Crippen molar-refractivity contribution in [2.75, 3.05) is 13.1 Å². The van der Waals surface area contributed by atoms with Crippen LogP contribution in [-0.4, -0.2) is 30.0 Å². The minimum Gasteiger partial charge on any atom is -0.494 e. The quantitative estimate of drug-likeness (QED) is 0.698. The summed E-state index contributed by atoms with van der Waals surface area (Å²) >= 11 is 12.3. The number of amides is 1. The van der Waals surface area contributed by atoms with Gasteiger partial charge in [-0.2, -0.15) is 0 Å². The highest BCUT2D eigenvalue weighted by Crippen LogP contribution is 2.29. The van der Waals surface area contributed by atoms with Crippen molar-refractivity contribution in [2.45, 2.75) is 25.4 Å². The molecule has 139 valence electrons. The number of benzene rings is 2. The van der Waals surface area contributed by atoms with Crippen molar-refractivity contribution in [3.8, 4) is 0 Å². The van der Waals surface area contributed by atoms with E-state index in [9.17, 15) is 4.79 Å². The Balaban J connectivity index is 1.35. The van der Waals surface area contributed by atoms with Gasteiger partial charge in [0.2, 0.25) is 0 Å². The fourth-order valence-electron chi connectivity index (χ4n) is 3.60. The molecule has 0 spiro atoms. The summed E-state index contributed by atoms with van der Waals surface area (Å²) in [5.41, 5.74) is 2.93. The lowest BCUT2D eigenvalue weighted by Gasteiger charge is -2.33. The molecule has 0 N–H and O–H groups in total. The highest BCUT2D eigenvalue weighted by molar-refractivity contribution is 6.39. The number of halogens is 2. The molecule has 2 aromatic carbocycles. The largest absolute Gasteiger partial charge is 0.494 e. The van der Waals surface area contributed by atoms with Crippen LogP contribution >= 0.6 is 23.2 Å². The lowest BCUT2D eigenvalue weighted by atomic mass is 9.95. The number of fused-ring (bicyclic) bond motifs is 1. The Labute approximate surface area is 169 Å². The molecule has 1 aliphatic carbocycles. The van der Waals surface area contributed by atoms with E-state index in [1.807, 2.05) is 6.07 Å². The number of piperidine rings is 1. The highest BCUT2D eigenvalue weighted by atomic mass is 35.5. The molecule has 3 nitrogen and oxygen atoms in total. The van der Waals surface area contributed by atoms with Crippen molar-refractivity contribution in [3.05, 3.63) is 87.5 Å². The van der Waals surface area contributed by atoms with Gasteiger partial charge in [0.15, 0.2) is 0 Å². The summed E-state index contributed by atoms with van der Waals surface area (Å²) in [6, 6.07) is 13.5. The van der Waals surface area contributed by atoms with E-state index in [1.54, 1.807) is 23.1 Å². The van der Waals surface area contributed by atoms with E-state index in [0.29, 0.717) is 28.7 Å². The van der Waals surface area contributed by atoms with E-state index in [4.69, 9.17) is 27.9 Å². The zero-order chi connectivity index (χ0) is 18.8. The molecule has 1 aliphatic heterocycles. The summed E-state index contributed by atoms with van der Waals surface area (Å²) in [6.07, 6.45) is 6.82. The normalized spacial score (nSPS) is 17.3. The summed E-state index contributed by atoms with van der Waals surface area (Å²) in [7, 11) is 0. The second kappa shape index (κ2) is 7.95. The van der Waals surface area contributed by atoms with E-state index in [2.05, 4.69) is 30.7 Å². The van der Waals surface area contributed by atoms with Gasteiger partial charge in [0.25, 0.3) is 5.91 Å². The zero-order valence-corrected chi connectivity index (χ0v) is 16.3. The van der Waals surface area contributed by atoms with Gasteiger partial charge in [-0.25, -0.2) is 0 Å². The summed E-state index contributed by atoms with van der Waals surface area (Å²) in [5.74, 6) is 0.814. The van der Waals surface area contributed by atoms with Crippen molar-refractivity contribution in [2.24, 2.45) is 0 Å². The summed E-state index contributed by atoms with van der Waals surface area (Å²) in [6.45, 7) is 1.27. The first-order valence-electron chi connectivity index (χ1n) is 9.14. The van der Waals surface area contributed by atoms with E-state index < -0.39 is 0 Å². The zero-order valence-electron chi connectivity index (χ0n) is 14.8. The minimum absolute atomic E-state index is 0.110. The number of allylic oxidation sites excluding steroid dienone is 2. The van der Waals surface area contributed by atoms with E-state index >= 15 is 0 Å². The molecule has 2 aliphatic rings. The van der Waals surface area contributed by atoms with Gasteiger partial charge in [0.05, 0.1) is 22.0 Å². The van der Waals surface area contributed by atoms with Crippen LogP contribution in [0.4, 0.5) is 0 Å². The Morgan fingerprint density at radius 2 is 1.70 bits per heavy atom. The monoisotopic (exact) mass is 400 g/mol. The fraction of sp³-hybridized carbons (Fsp3) is 0.273. The molecular formula is C22H20Cl2NO2. The Kier molecular flexibility index (Phi) is 5.42. The molecule has 2 aromatic rings. The third-order valence-corrected chi connectivity index (χ3v) is 5.71. The first kappa shape index (κ1) is 18.4. The van der Waals surface area contributed by atoms with E-state index in [-0.39, 0.29) is 12.0 Å². The van der Waals surface area contributed by atoms with Crippen LogP contribution in [0.2, 0.25) is 10.0 Å². The molecule has 1 amide bonds. The van der Waals surface area contributed by atoms with Crippen LogP contribution in [0, 0.1) is 6.42 Å². The van der Waals surface area contributed by atoms with Gasteiger partial charge in [-0.1, -0.05) is 53.5 Å². The van der Waals surface area contributed by atoms with Gasteiger partial charge in [0.1, 0.15) is 11.9 Å². The van der Waals surface area contributed by atoms with Crippen LogP contribution in [0.3, 0.4) is 0 Å². The maximum absolute atomic E-state index is 12.8. The Bertz CT molecular complexity index is 865. The molecular weight excluding hydrogens is 381 g/mol. The average molecular weight is 401 g/mol. The number of rotatable bonds is 3. The van der Waals surface area contributed by atoms with Crippen molar-refractivity contribution in [1.82, 2.24) is 4.90 Å². The van der Waals surface area contributed by atoms with Crippen molar-refractivity contribution >= 4 is 29.1 Å². The standard InChI is InChI=1S/C22H20Cl2NO2/c23-19-6-3-7-20(24)21(19)22(26)25-12-10-17(11-13-25)27-18-9-8-15-4-1-2-5-16(15)14-18/h1-7,9,14,17H,8,10-13H2. The smallest absolute Gasteiger partial charge is 0.256 e. The molecule has 0 atom stereocenters. The van der Waals surface area contributed by atoms with Crippen LogP contribution in [0.25, 0.3) is 0 Å². The number of nitrogens with zero attached hydrogens (tertiary/aromatic N) is 1.